The molecule has 0 unspecified atom stereocenters. The third-order valence-electron chi connectivity index (χ3n) is 7.92. The number of amides is 1. The van der Waals surface area contributed by atoms with Crippen LogP contribution in [0.25, 0.3) is 17.2 Å². The fourth-order valence-electron chi connectivity index (χ4n) is 5.71. The van der Waals surface area contributed by atoms with Gasteiger partial charge in [0.2, 0.25) is 5.91 Å². The average Bonchev–Trinajstić information content (AvgIpc) is 3.51. The maximum atomic E-state index is 13.5. The molecule has 2 fully saturated rings. The molecule has 1 saturated heterocycles. The molecule has 1 aromatic heterocycles. The summed E-state index contributed by atoms with van der Waals surface area (Å²) in [6, 6.07) is 13.7. The van der Waals surface area contributed by atoms with Gasteiger partial charge in [0.05, 0.1) is 5.56 Å². The monoisotopic (exact) mass is 534 g/mol. The fourth-order valence-corrected chi connectivity index (χ4v) is 5.71. The van der Waals surface area contributed by atoms with Crippen LogP contribution in [0.2, 0.25) is 0 Å². The zero-order valence-corrected chi connectivity index (χ0v) is 21.9. The minimum atomic E-state index is -4.38. The van der Waals surface area contributed by atoms with Crippen molar-refractivity contribution < 1.29 is 18.0 Å². The second-order valence-electron chi connectivity index (χ2n) is 10.4. The van der Waals surface area contributed by atoms with E-state index >= 15 is 0 Å². The number of hydrogen-bond acceptors (Lipinski definition) is 4. The first kappa shape index (κ1) is 27.1. The second-order valence-corrected chi connectivity index (χ2v) is 10.4. The molecule has 39 heavy (non-hydrogen) atoms. The van der Waals surface area contributed by atoms with Crippen molar-refractivity contribution in [2.45, 2.75) is 63.3 Å². The van der Waals surface area contributed by atoms with Crippen LogP contribution in [-0.2, 0) is 17.5 Å². The number of halogens is 3. The summed E-state index contributed by atoms with van der Waals surface area (Å²) in [6.07, 6.45) is 10.7. The molecule has 5 nitrogen and oxygen atoms in total. The lowest BCUT2D eigenvalue weighted by atomic mass is 9.99. The number of carbonyl (C=O) groups is 1. The van der Waals surface area contributed by atoms with Gasteiger partial charge in [-0.3, -0.25) is 4.79 Å². The van der Waals surface area contributed by atoms with E-state index in [2.05, 4.69) is 14.9 Å². The molecule has 204 valence electrons. The maximum Gasteiger partial charge on any atom is 0.416 e. The summed E-state index contributed by atoms with van der Waals surface area (Å²) in [5.41, 5.74) is 2.80. The van der Waals surface area contributed by atoms with Crippen LogP contribution in [0.4, 0.5) is 13.2 Å². The average molecular weight is 535 g/mol. The topological polar surface area (TPSA) is 49.3 Å². The van der Waals surface area contributed by atoms with E-state index in [4.69, 9.17) is 0 Å². The molecule has 2 aromatic carbocycles. The van der Waals surface area contributed by atoms with E-state index in [1.54, 1.807) is 18.5 Å². The summed E-state index contributed by atoms with van der Waals surface area (Å²) in [7, 11) is 0. The van der Waals surface area contributed by atoms with Gasteiger partial charge in [-0.15, -0.1) is 0 Å². The number of piperidine rings is 1. The van der Waals surface area contributed by atoms with Gasteiger partial charge in [0.15, 0.2) is 0 Å². The van der Waals surface area contributed by atoms with E-state index < -0.39 is 11.7 Å². The van der Waals surface area contributed by atoms with Crippen LogP contribution >= 0.6 is 0 Å². The molecule has 5 rings (SSSR count). The minimum Gasteiger partial charge on any atom is -0.332 e. The van der Waals surface area contributed by atoms with Crippen molar-refractivity contribution in [2.24, 2.45) is 0 Å². The van der Waals surface area contributed by atoms with Crippen molar-refractivity contribution in [3.63, 3.8) is 0 Å². The summed E-state index contributed by atoms with van der Waals surface area (Å²) in [5, 5.41) is 0. The van der Waals surface area contributed by atoms with Crippen LogP contribution < -0.4 is 0 Å². The van der Waals surface area contributed by atoms with Gasteiger partial charge in [-0.25, -0.2) is 9.97 Å². The van der Waals surface area contributed by atoms with Gasteiger partial charge in [0.1, 0.15) is 6.33 Å². The molecule has 8 heteroatoms. The third kappa shape index (κ3) is 6.92. The number of alkyl halides is 3. The van der Waals surface area contributed by atoms with Gasteiger partial charge < -0.3 is 9.80 Å². The minimum absolute atomic E-state index is 0.106. The van der Waals surface area contributed by atoms with Crippen molar-refractivity contribution in [1.82, 2.24) is 19.8 Å². The van der Waals surface area contributed by atoms with Crippen LogP contribution in [-0.4, -0.2) is 50.8 Å². The number of hydrogen-bond donors (Lipinski definition) is 0. The third-order valence-corrected chi connectivity index (χ3v) is 7.92. The van der Waals surface area contributed by atoms with E-state index in [1.165, 1.54) is 50.2 Å². The molecule has 2 heterocycles. The molecule has 1 aliphatic heterocycles. The number of carbonyl (C=O) groups excluding carboxylic acids is 1. The van der Waals surface area contributed by atoms with Crippen LogP contribution in [0.15, 0.2) is 73.3 Å². The largest absolute Gasteiger partial charge is 0.416 e. The second kappa shape index (κ2) is 12.1. The number of likely N-dealkylation sites (tertiary alicyclic amines) is 1. The highest BCUT2D eigenvalue weighted by Gasteiger charge is 2.31. The lowest BCUT2D eigenvalue weighted by Crippen LogP contribution is -2.48. The van der Waals surface area contributed by atoms with E-state index in [1.807, 2.05) is 29.2 Å². The predicted molar refractivity (Wildman–Crippen MR) is 145 cm³/mol. The van der Waals surface area contributed by atoms with Gasteiger partial charge in [0, 0.05) is 55.8 Å². The highest BCUT2D eigenvalue weighted by Crippen LogP contribution is 2.30. The van der Waals surface area contributed by atoms with Crippen LogP contribution in [0, 0.1) is 0 Å². The Bertz CT molecular complexity index is 1250. The molecule has 2 aliphatic rings. The van der Waals surface area contributed by atoms with E-state index in [0.29, 0.717) is 18.2 Å². The molecule has 1 aliphatic carbocycles. The van der Waals surface area contributed by atoms with Gasteiger partial charge in [0.25, 0.3) is 0 Å². The highest BCUT2D eigenvalue weighted by molar-refractivity contribution is 5.92. The van der Waals surface area contributed by atoms with Crippen molar-refractivity contribution in [3.05, 3.63) is 90.0 Å². The quantitative estimate of drug-likeness (QED) is 0.320. The Balaban J connectivity index is 1.31. The predicted octanol–water partition coefficient (Wildman–Crippen LogP) is 6.61. The molecule has 0 radical (unpaired) electrons. The van der Waals surface area contributed by atoms with Crippen molar-refractivity contribution in [2.75, 3.05) is 13.1 Å². The molecule has 1 saturated carbocycles. The Morgan fingerprint density at radius 1 is 0.897 bits per heavy atom. The summed E-state index contributed by atoms with van der Waals surface area (Å²) >= 11 is 0. The zero-order valence-electron chi connectivity index (χ0n) is 21.9. The fraction of sp³-hybridized carbons (Fsp3) is 0.387. The molecule has 0 N–H and O–H groups in total. The van der Waals surface area contributed by atoms with Gasteiger partial charge in [-0.2, -0.15) is 13.2 Å². The molecule has 1 amide bonds. The zero-order chi connectivity index (χ0) is 27.2. The van der Waals surface area contributed by atoms with Crippen molar-refractivity contribution in [3.8, 4) is 11.1 Å². The van der Waals surface area contributed by atoms with Gasteiger partial charge in [-0.05, 0) is 60.6 Å². The van der Waals surface area contributed by atoms with Gasteiger partial charge in [-0.1, -0.05) is 49.2 Å². The standard InChI is InChI=1S/C31H33F3N4O/c32-31(33,34)27-12-7-23(8-13-27)9-14-30(39)38(29-15-17-37(18-16-29)28-3-1-2-4-28)21-24-5-10-25(11-6-24)26-19-35-22-36-20-26/h5-14,19-20,22,28-29H,1-4,15-18,21H2. The first-order valence-electron chi connectivity index (χ1n) is 13.6. The first-order chi connectivity index (χ1) is 18.9. The Morgan fingerprint density at radius 3 is 2.15 bits per heavy atom. The van der Waals surface area contributed by atoms with E-state index in [9.17, 15) is 18.0 Å². The molecule has 0 bridgehead atoms. The number of aromatic nitrogens is 2. The Morgan fingerprint density at radius 2 is 1.54 bits per heavy atom. The van der Waals surface area contributed by atoms with Crippen molar-refractivity contribution >= 4 is 12.0 Å². The van der Waals surface area contributed by atoms with Crippen LogP contribution in [0.3, 0.4) is 0 Å². The highest BCUT2D eigenvalue weighted by atomic mass is 19.4. The normalized spacial score (nSPS) is 17.6. The van der Waals surface area contributed by atoms with E-state index in [-0.39, 0.29) is 11.9 Å². The van der Waals surface area contributed by atoms with Crippen molar-refractivity contribution in [1.29, 1.82) is 0 Å². The molecule has 0 spiro atoms. The lowest BCUT2D eigenvalue weighted by molar-refractivity contribution is -0.137. The lowest BCUT2D eigenvalue weighted by Gasteiger charge is -2.40. The maximum absolute atomic E-state index is 13.5. The summed E-state index contributed by atoms with van der Waals surface area (Å²) in [5.74, 6) is -0.130. The Labute approximate surface area is 227 Å². The summed E-state index contributed by atoms with van der Waals surface area (Å²) in [6.45, 7) is 2.43. The Kier molecular flexibility index (Phi) is 8.41. The van der Waals surface area contributed by atoms with Gasteiger partial charge >= 0.3 is 6.18 Å². The molecule has 0 atom stereocenters. The summed E-state index contributed by atoms with van der Waals surface area (Å²) < 4.78 is 38.7. The van der Waals surface area contributed by atoms with E-state index in [0.717, 1.165) is 54.8 Å². The molecular weight excluding hydrogens is 501 g/mol. The molecular formula is C31H33F3N4O. The number of nitrogens with zero attached hydrogens (tertiary/aromatic N) is 4. The number of rotatable bonds is 7. The number of benzene rings is 2. The first-order valence-corrected chi connectivity index (χ1v) is 13.6. The summed E-state index contributed by atoms with van der Waals surface area (Å²) in [4.78, 5) is 26.2. The smallest absolute Gasteiger partial charge is 0.332 e. The molecule has 3 aromatic rings. The van der Waals surface area contributed by atoms with Crippen LogP contribution in [0.1, 0.15) is 55.2 Å². The Hall–Kier alpha value is -3.52. The SMILES string of the molecule is O=C(C=Cc1ccc(C(F)(F)F)cc1)N(Cc1ccc(-c2cncnc2)cc1)C1CCN(C2CCCC2)CC1. The van der Waals surface area contributed by atoms with Crippen LogP contribution in [0.5, 0.6) is 0 Å².